The van der Waals surface area contributed by atoms with Crippen molar-refractivity contribution in [3.63, 3.8) is 0 Å². The topological polar surface area (TPSA) is 39.4 Å². The molecule has 96 valence electrons. The van der Waals surface area contributed by atoms with E-state index in [2.05, 4.69) is 22.4 Å². The van der Waals surface area contributed by atoms with E-state index in [4.69, 9.17) is 13.1 Å². The number of nitriles is 1. The summed E-state index contributed by atoms with van der Waals surface area (Å²) in [6.07, 6.45) is 5.82. The minimum Gasteiger partial charge on any atom is -0.329 e. The summed E-state index contributed by atoms with van der Waals surface area (Å²) < 4.78 is 0. The van der Waals surface area contributed by atoms with Crippen molar-refractivity contribution >= 4 is 37.7 Å². The Labute approximate surface area is 121 Å². The summed E-state index contributed by atoms with van der Waals surface area (Å²) >= 11 is 0. The van der Waals surface area contributed by atoms with Gasteiger partial charge in [-0.15, -0.1) is 0 Å². The fourth-order valence-corrected chi connectivity index (χ4v) is 3.03. The highest BCUT2D eigenvalue weighted by molar-refractivity contribution is 6.67. The molecule has 3 nitrogen and oxygen atoms in total. The van der Waals surface area contributed by atoms with Crippen LogP contribution < -0.4 is 5.46 Å². The summed E-state index contributed by atoms with van der Waals surface area (Å²) in [4.78, 5) is 6.65. The molecule has 2 aliphatic rings. The van der Waals surface area contributed by atoms with Gasteiger partial charge < -0.3 is 4.90 Å². The lowest BCUT2D eigenvalue weighted by atomic mass is 9.42. The maximum atomic E-state index is 8.98. The Bertz CT molecular complexity index is 610. The molecule has 0 aliphatic carbocycles. The molecule has 20 heavy (non-hydrogen) atoms. The molecule has 0 bridgehead atoms. The maximum absolute atomic E-state index is 8.98. The largest absolute Gasteiger partial charge is 0.329 e. The second kappa shape index (κ2) is 5.20. The fraction of sp³-hybridized carbons (Fsp3) is 0.333. The van der Waals surface area contributed by atoms with E-state index in [-0.39, 0.29) is 6.71 Å². The molecular weight excluding hydrogens is 244 g/mol. The smallest absolute Gasteiger partial charge is 0.268 e. The molecule has 2 heterocycles. The lowest BCUT2D eigenvalue weighted by molar-refractivity contribution is 0.389. The average Bonchev–Trinajstić information content (AvgIpc) is 2.48. The Morgan fingerprint density at radius 3 is 2.85 bits per heavy atom. The summed E-state index contributed by atoms with van der Waals surface area (Å²) in [7, 11) is 5.86. The van der Waals surface area contributed by atoms with Crippen molar-refractivity contribution in [1.29, 1.82) is 5.26 Å². The predicted molar refractivity (Wildman–Crippen MR) is 84.9 cm³/mol. The van der Waals surface area contributed by atoms with Crippen molar-refractivity contribution < 1.29 is 0 Å². The summed E-state index contributed by atoms with van der Waals surface area (Å²) in [5, 5.41) is 8.98. The second-order valence-electron chi connectivity index (χ2n) is 5.51. The van der Waals surface area contributed by atoms with Gasteiger partial charge in [0.1, 0.15) is 7.85 Å². The molecule has 1 fully saturated rings. The highest BCUT2D eigenvalue weighted by Gasteiger charge is 2.30. The van der Waals surface area contributed by atoms with Crippen LogP contribution in [0.3, 0.4) is 0 Å². The van der Waals surface area contributed by atoms with Crippen LogP contribution >= 0.6 is 0 Å². The highest BCUT2D eigenvalue weighted by atomic mass is 15.2. The molecule has 0 unspecified atom stereocenters. The van der Waals surface area contributed by atoms with Gasteiger partial charge in [0, 0.05) is 23.3 Å². The number of hydrogen-bond donors (Lipinski definition) is 0. The summed E-state index contributed by atoms with van der Waals surface area (Å²) in [6, 6.07) is 6.11. The first-order valence-electron chi connectivity index (χ1n) is 7.00. The first kappa shape index (κ1) is 13.1. The molecule has 0 saturated carbocycles. The van der Waals surface area contributed by atoms with Crippen molar-refractivity contribution in [1.82, 2.24) is 4.90 Å². The van der Waals surface area contributed by atoms with Crippen LogP contribution in [0.1, 0.15) is 18.4 Å². The van der Waals surface area contributed by atoms with Crippen molar-refractivity contribution in [2.24, 2.45) is 4.99 Å². The van der Waals surface area contributed by atoms with Crippen LogP contribution in [0.4, 0.5) is 5.69 Å². The lowest BCUT2D eigenvalue weighted by Crippen LogP contribution is -2.38. The van der Waals surface area contributed by atoms with Gasteiger partial charge in [0.25, 0.3) is 6.71 Å². The van der Waals surface area contributed by atoms with Crippen LogP contribution in [0.25, 0.3) is 5.70 Å². The van der Waals surface area contributed by atoms with E-state index in [0.29, 0.717) is 6.04 Å². The fourth-order valence-electron chi connectivity index (χ4n) is 3.03. The van der Waals surface area contributed by atoms with Gasteiger partial charge in [-0.3, -0.25) is 0 Å². The van der Waals surface area contributed by atoms with Gasteiger partial charge in [-0.25, -0.2) is 10.3 Å². The van der Waals surface area contributed by atoms with Crippen molar-refractivity contribution in [3.05, 3.63) is 30.3 Å². The van der Waals surface area contributed by atoms with Crippen molar-refractivity contribution in [2.75, 3.05) is 0 Å². The Hall–Kier alpha value is -1.95. The minimum atomic E-state index is 0.212. The first-order valence-corrected chi connectivity index (χ1v) is 7.00. The number of benzene rings is 1. The summed E-state index contributed by atoms with van der Waals surface area (Å²) in [5.74, 6) is 2.37. The van der Waals surface area contributed by atoms with Gasteiger partial charge in [-0.05, 0) is 18.9 Å². The third-order valence-electron chi connectivity index (χ3n) is 4.24. The molecule has 1 aromatic rings. The molecule has 0 N–H and O–H groups in total. The molecule has 0 aromatic heterocycles. The highest BCUT2D eigenvalue weighted by Crippen LogP contribution is 2.34. The van der Waals surface area contributed by atoms with E-state index in [1.54, 1.807) is 0 Å². The first-order chi connectivity index (χ1) is 9.69. The van der Waals surface area contributed by atoms with Gasteiger partial charge in [0.15, 0.2) is 0 Å². The zero-order valence-electron chi connectivity index (χ0n) is 11.4. The molecule has 3 rings (SSSR count). The van der Waals surface area contributed by atoms with Gasteiger partial charge in [-0.2, -0.15) is 0 Å². The Balaban J connectivity index is 1.81. The Morgan fingerprint density at radius 2 is 2.15 bits per heavy atom. The van der Waals surface area contributed by atoms with E-state index < -0.39 is 0 Å². The monoisotopic (exact) mass is 259 g/mol. The number of aliphatic imine (C=N–C) groups is 1. The molecular formula is C15H15B2N3. The standard InChI is InChI=1S/C15H15B2N3/c1-11-14-8-12(16)2-3-15(14)19-10-20(11)13-4-6-17(9-18)7-5-13/h2-3,8,10,13H,1,4-7H2. The normalized spacial score (nSPS) is 18.9. The van der Waals surface area contributed by atoms with E-state index >= 15 is 0 Å². The summed E-state index contributed by atoms with van der Waals surface area (Å²) in [6.45, 7) is 4.42. The number of hydrogen-bond acceptors (Lipinski definition) is 3. The quantitative estimate of drug-likeness (QED) is 0.725. The molecule has 2 radical (unpaired) electrons. The SMILES string of the molecule is [B]c1ccc2c(c1)C(=C)N(C1CCB(C#N)CC1)C=N2. The molecule has 2 aliphatic heterocycles. The third-order valence-corrected chi connectivity index (χ3v) is 4.24. The minimum absolute atomic E-state index is 0.212. The molecule has 0 amide bonds. The molecule has 0 spiro atoms. The average molecular weight is 259 g/mol. The van der Waals surface area contributed by atoms with Gasteiger partial charge in [0.05, 0.1) is 12.0 Å². The number of rotatable bonds is 1. The van der Waals surface area contributed by atoms with Crippen molar-refractivity contribution in [2.45, 2.75) is 31.5 Å². The lowest BCUT2D eigenvalue weighted by Gasteiger charge is -2.36. The Morgan fingerprint density at radius 1 is 1.40 bits per heavy atom. The van der Waals surface area contributed by atoms with Crippen molar-refractivity contribution in [3.8, 4) is 5.97 Å². The number of nitrogens with zero attached hydrogens (tertiary/aromatic N) is 3. The molecule has 0 atom stereocenters. The summed E-state index contributed by atoms with van der Waals surface area (Å²) in [5.41, 5.74) is 3.62. The molecule has 5 heteroatoms. The zero-order chi connectivity index (χ0) is 14.1. The van der Waals surface area contributed by atoms with E-state index in [0.717, 1.165) is 47.9 Å². The van der Waals surface area contributed by atoms with Crippen LogP contribution in [-0.2, 0) is 0 Å². The van der Waals surface area contributed by atoms with Crippen LogP contribution in [0, 0.1) is 11.2 Å². The van der Waals surface area contributed by atoms with Crippen LogP contribution in [0.15, 0.2) is 29.8 Å². The van der Waals surface area contributed by atoms with Crippen LogP contribution in [-0.4, -0.2) is 31.8 Å². The van der Waals surface area contributed by atoms with E-state index in [9.17, 15) is 0 Å². The van der Waals surface area contributed by atoms with Crippen LogP contribution in [0.2, 0.25) is 12.6 Å². The Kier molecular flexibility index (Phi) is 3.40. The van der Waals surface area contributed by atoms with Crippen LogP contribution in [0.5, 0.6) is 0 Å². The maximum Gasteiger partial charge on any atom is 0.268 e. The molecule has 1 aromatic carbocycles. The van der Waals surface area contributed by atoms with E-state index in [1.165, 1.54) is 0 Å². The molecule has 1 saturated heterocycles. The number of fused-ring (bicyclic) bond motifs is 1. The van der Waals surface area contributed by atoms with Gasteiger partial charge in [-0.1, -0.05) is 36.8 Å². The van der Waals surface area contributed by atoms with Gasteiger partial charge >= 0.3 is 0 Å². The van der Waals surface area contributed by atoms with Gasteiger partial charge in [0.2, 0.25) is 0 Å². The third kappa shape index (κ3) is 2.27. The van der Waals surface area contributed by atoms with E-state index in [1.807, 2.05) is 24.5 Å². The zero-order valence-corrected chi connectivity index (χ0v) is 11.4. The second-order valence-corrected chi connectivity index (χ2v) is 5.51. The predicted octanol–water partition coefficient (Wildman–Crippen LogP) is 2.15.